The first-order valence-electron chi connectivity index (χ1n) is 6.76. The molecular weight excluding hydrogens is 296 g/mol. The van der Waals surface area contributed by atoms with E-state index in [2.05, 4.69) is 5.32 Å². The van der Waals surface area contributed by atoms with Gasteiger partial charge in [-0.05, 0) is 37.3 Å². The van der Waals surface area contributed by atoms with Gasteiger partial charge in [-0.1, -0.05) is 17.7 Å². The van der Waals surface area contributed by atoms with Crippen LogP contribution in [-0.4, -0.2) is 23.6 Å². The van der Waals surface area contributed by atoms with Crippen molar-refractivity contribution in [3.8, 4) is 11.8 Å². The Morgan fingerprint density at radius 3 is 2.78 bits per heavy atom. The Kier molecular flexibility index (Phi) is 4.95. The zero-order valence-electron chi connectivity index (χ0n) is 12.4. The molecule has 116 valence electrons. The zero-order chi connectivity index (χ0) is 16.8. The molecule has 6 heteroatoms. The van der Waals surface area contributed by atoms with Crippen LogP contribution in [-0.2, 0) is 9.53 Å². The lowest BCUT2D eigenvalue weighted by Gasteiger charge is -2.08. The van der Waals surface area contributed by atoms with Crippen molar-refractivity contribution < 1.29 is 19.4 Å². The average Bonchev–Trinajstić information content (AvgIpc) is 2.55. The molecule has 0 fully saturated rings. The lowest BCUT2D eigenvalue weighted by atomic mass is 10.1. The minimum Gasteiger partial charge on any atom is -0.507 e. The number of aromatic hydroxyl groups is 1. The number of esters is 1. The Bertz CT molecular complexity index is 793. The molecule has 2 N–H and O–H groups in total. The summed E-state index contributed by atoms with van der Waals surface area (Å²) in [6.07, 6.45) is 0. The molecule has 6 nitrogen and oxygen atoms in total. The van der Waals surface area contributed by atoms with Crippen LogP contribution in [0.1, 0.15) is 21.5 Å². The van der Waals surface area contributed by atoms with Crippen LogP contribution in [0.5, 0.6) is 5.75 Å². The third-order valence-electron chi connectivity index (χ3n) is 2.98. The van der Waals surface area contributed by atoms with Gasteiger partial charge in [-0.25, -0.2) is 4.79 Å². The maximum Gasteiger partial charge on any atom is 0.342 e. The van der Waals surface area contributed by atoms with Crippen LogP contribution in [0.2, 0.25) is 0 Å². The zero-order valence-corrected chi connectivity index (χ0v) is 12.4. The number of ether oxygens (including phenoxy) is 1. The molecule has 23 heavy (non-hydrogen) atoms. The number of nitriles is 1. The number of nitrogens with zero attached hydrogens (tertiary/aromatic N) is 1. The summed E-state index contributed by atoms with van der Waals surface area (Å²) in [4.78, 5) is 23.6. The fraction of sp³-hybridized carbons (Fsp3) is 0.118. The molecule has 2 aromatic rings. The molecule has 0 saturated heterocycles. The fourth-order valence-corrected chi connectivity index (χ4v) is 1.89. The summed E-state index contributed by atoms with van der Waals surface area (Å²) >= 11 is 0. The van der Waals surface area contributed by atoms with Crippen LogP contribution < -0.4 is 5.32 Å². The van der Waals surface area contributed by atoms with E-state index in [9.17, 15) is 14.7 Å². The Morgan fingerprint density at radius 1 is 1.26 bits per heavy atom. The Morgan fingerprint density at radius 2 is 2.04 bits per heavy atom. The van der Waals surface area contributed by atoms with Crippen molar-refractivity contribution in [2.75, 3.05) is 11.9 Å². The summed E-state index contributed by atoms with van der Waals surface area (Å²) in [5.41, 5.74) is 1.63. The summed E-state index contributed by atoms with van der Waals surface area (Å²) in [5, 5.41) is 20.9. The number of anilines is 1. The van der Waals surface area contributed by atoms with Gasteiger partial charge in [-0.15, -0.1) is 0 Å². The van der Waals surface area contributed by atoms with Crippen LogP contribution in [0.15, 0.2) is 42.5 Å². The molecule has 0 bridgehead atoms. The highest BCUT2D eigenvalue weighted by atomic mass is 16.5. The number of aryl methyl sites for hydroxylation is 1. The smallest absolute Gasteiger partial charge is 0.342 e. The monoisotopic (exact) mass is 310 g/mol. The normalized spacial score (nSPS) is 9.74. The van der Waals surface area contributed by atoms with Gasteiger partial charge in [0.1, 0.15) is 11.3 Å². The molecule has 0 aliphatic rings. The highest BCUT2D eigenvalue weighted by molar-refractivity contribution is 5.96. The number of phenolic OH excluding ortho intramolecular Hbond substituents is 1. The van der Waals surface area contributed by atoms with Gasteiger partial charge in [-0.3, -0.25) is 4.79 Å². The first kappa shape index (κ1) is 16.0. The molecule has 0 atom stereocenters. The standard InChI is InChI=1S/C17H14N2O4/c1-11-5-6-15(20)14(7-11)17(22)23-10-16(21)19-13-4-2-3-12(8-13)9-18/h2-8,20H,10H2,1H3,(H,19,21). The van der Waals surface area contributed by atoms with E-state index < -0.39 is 18.5 Å². The van der Waals surface area contributed by atoms with Gasteiger partial charge >= 0.3 is 5.97 Å². The summed E-state index contributed by atoms with van der Waals surface area (Å²) in [6.45, 7) is 1.27. The molecule has 0 heterocycles. The summed E-state index contributed by atoms with van der Waals surface area (Å²) in [6, 6.07) is 12.8. The van der Waals surface area contributed by atoms with Crippen molar-refractivity contribution in [1.29, 1.82) is 5.26 Å². The SMILES string of the molecule is Cc1ccc(O)c(C(=O)OCC(=O)Nc2cccc(C#N)c2)c1. The number of hydrogen-bond acceptors (Lipinski definition) is 5. The second-order valence-corrected chi connectivity index (χ2v) is 4.84. The third kappa shape index (κ3) is 4.32. The quantitative estimate of drug-likeness (QED) is 0.845. The number of amides is 1. The van der Waals surface area contributed by atoms with E-state index >= 15 is 0 Å². The van der Waals surface area contributed by atoms with Gasteiger partial charge in [-0.2, -0.15) is 5.26 Å². The van der Waals surface area contributed by atoms with Gasteiger partial charge in [0.05, 0.1) is 11.6 Å². The van der Waals surface area contributed by atoms with Crippen molar-refractivity contribution in [1.82, 2.24) is 0 Å². The molecule has 0 aliphatic heterocycles. The number of hydrogen-bond donors (Lipinski definition) is 2. The molecule has 0 aliphatic carbocycles. The van der Waals surface area contributed by atoms with Crippen molar-refractivity contribution in [2.24, 2.45) is 0 Å². The average molecular weight is 310 g/mol. The number of rotatable bonds is 4. The molecule has 0 aromatic heterocycles. The van der Waals surface area contributed by atoms with E-state index in [0.717, 1.165) is 5.56 Å². The number of nitrogens with one attached hydrogen (secondary N) is 1. The minimum absolute atomic E-state index is 0.00396. The maximum absolute atomic E-state index is 11.9. The minimum atomic E-state index is -0.785. The molecule has 2 rings (SSSR count). The van der Waals surface area contributed by atoms with Crippen molar-refractivity contribution in [3.05, 3.63) is 59.2 Å². The van der Waals surface area contributed by atoms with E-state index in [-0.39, 0.29) is 11.3 Å². The lowest BCUT2D eigenvalue weighted by Crippen LogP contribution is -2.21. The number of phenols is 1. The number of carbonyl (C=O) groups is 2. The maximum atomic E-state index is 11.9. The van der Waals surface area contributed by atoms with Crippen molar-refractivity contribution in [3.63, 3.8) is 0 Å². The van der Waals surface area contributed by atoms with Crippen molar-refractivity contribution >= 4 is 17.6 Å². The molecule has 1 amide bonds. The van der Waals surface area contributed by atoms with Gasteiger partial charge in [0, 0.05) is 5.69 Å². The molecule has 2 aromatic carbocycles. The first-order chi connectivity index (χ1) is 11.0. The number of benzene rings is 2. The van der Waals surface area contributed by atoms with Gasteiger partial charge in [0.25, 0.3) is 5.91 Å². The number of carbonyl (C=O) groups excluding carboxylic acids is 2. The van der Waals surface area contributed by atoms with E-state index in [1.165, 1.54) is 18.2 Å². The Balaban J connectivity index is 1.95. The summed E-state index contributed by atoms with van der Waals surface area (Å²) < 4.78 is 4.88. The molecule has 0 spiro atoms. The van der Waals surface area contributed by atoms with E-state index in [0.29, 0.717) is 11.3 Å². The molecule has 0 unspecified atom stereocenters. The highest BCUT2D eigenvalue weighted by Gasteiger charge is 2.14. The van der Waals surface area contributed by atoms with Gasteiger partial charge in [0.15, 0.2) is 6.61 Å². The predicted molar refractivity (Wildman–Crippen MR) is 82.9 cm³/mol. The topological polar surface area (TPSA) is 99.4 Å². The van der Waals surface area contributed by atoms with Crippen molar-refractivity contribution in [2.45, 2.75) is 6.92 Å². The van der Waals surface area contributed by atoms with Crippen LogP contribution >= 0.6 is 0 Å². The largest absolute Gasteiger partial charge is 0.507 e. The summed E-state index contributed by atoms with van der Waals surface area (Å²) in [7, 11) is 0. The van der Waals surface area contributed by atoms with E-state index in [1.54, 1.807) is 31.2 Å². The predicted octanol–water partition coefficient (Wildman–Crippen LogP) is 2.37. The highest BCUT2D eigenvalue weighted by Crippen LogP contribution is 2.19. The van der Waals surface area contributed by atoms with Gasteiger partial charge < -0.3 is 15.2 Å². The second kappa shape index (κ2) is 7.09. The van der Waals surface area contributed by atoms with E-state index in [4.69, 9.17) is 10.00 Å². The van der Waals surface area contributed by atoms with Crippen LogP contribution in [0.25, 0.3) is 0 Å². The first-order valence-corrected chi connectivity index (χ1v) is 6.76. The lowest BCUT2D eigenvalue weighted by molar-refractivity contribution is -0.119. The van der Waals surface area contributed by atoms with Crippen LogP contribution in [0.3, 0.4) is 0 Å². The van der Waals surface area contributed by atoms with Crippen LogP contribution in [0, 0.1) is 18.3 Å². The second-order valence-electron chi connectivity index (χ2n) is 4.84. The molecule has 0 saturated carbocycles. The molecular formula is C17H14N2O4. The fourth-order valence-electron chi connectivity index (χ4n) is 1.89. The van der Waals surface area contributed by atoms with Gasteiger partial charge in [0.2, 0.25) is 0 Å². The summed E-state index contributed by atoms with van der Waals surface area (Å²) in [5.74, 6) is -1.53. The Labute approximate surface area is 132 Å². The third-order valence-corrected chi connectivity index (χ3v) is 2.98. The molecule has 0 radical (unpaired) electrons. The Hall–Kier alpha value is -3.33. The van der Waals surface area contributed by atoms with E-state index in [1.807, 2.05) is 6.07 Å². The van der Waals surface area contributed by atoms with Crippen LogP contribution in [0.4, 0.5) is 5.69 Å².